The third kappa shape index (κ3) is 7.14. The standard InChI is InChI=1S/C28H29ClF3N3O4S/c1-4-25(27(37)33-3)34(17-20-8-5-6-11-24(20)29)26(36)18-35(22-10-7-9-21(16-22)28(30,31)32)40(38,39)23-14-12-19(2)13-15-23/h5-16,25H,4,17-18H2,1-3H3,(H,33,37)/t25-/m1/s1. The summed E-state index contributed by atoms with van der Waals surface area (Å²) in [4.78, 5) is 27.6. The minimum atomic E-state index is -4.75. The summed E-state index contributed by atoms with van der Waals surface area (Å²) >= 11 is 6.31. The number of amides is 2. The lowest BCUT2D eigenvalue weighted by Gasteiger charge is -2.33. The van der Waals surface area contributed by atoms with E-state index in [1.54, 1.807) is 50.2 Å². The highest BCUT2D eigenvalue weighted by Gasteiger charge is 2.36. The molecule has 1 N–H and O–H groups in total. The first-order valence-corrected chi connectivity index (χ1v) is 14.1. The molecule has 0 spiro atoms. The first kappa shape index (κ1) is 31.0. The zero-order chi connectivity index (χ0) is 29.7. The van der Waals surface area contributed by atoms with Gasteiger partial charge in [-0.25, -0.2) is 8.42 Å². The van der Waals surface area contributed by atoms with E-state index in [0.717, 1.165) is 17.7 Å². The Morgan fingerprint density at radius 1 is 1.00 bits per heavy atom. The number of anilines is 1. The highest BCUT2D eigenvalue weighted by Crippen LogP contribution is 2.33. The van der Waals surface area contributed by atoms with Crippen LogP contribution in [0.15, 0.2) is 77.7 Å². The monoisotopic (exact) mass is 595 g/mol. The van der Waals surface area contributed by atoms with E-state index in [1.807, 2.05) is 0 Å². The fourth-order valence-corrected chi connectivity index (χ4v) is 5.70. The first-order valence-electron chi connectivity index (χ1n) is 12.3. The number of nitrogens with one attached hydrogen (secondary N) is 1. The Balaban J connectivity index is 2.13. The Hall–Kier alpha value is -3.57. The van der Waals surface area contributed by atoms with Crippen LogP contribution in [0.1, 0.15) is 30.0 Å². The molecule has 3 rings (SSSR count). The van der Waals surface area contributed by atoms with Gasteiger partial charge in [-0.2, -0.15) is 13.2 Å². The number of hydrogen-bond donors (Lipinski definition) is 1. The average molecular weight is 596 g/mol. The molecule has 0 unspecified atom stereocenters. The molecule has 0 aliphatic carbocycles. The number of hydrogen-bond acceptors (Lipinski definition) is 4. The molecule has 0 aliphatic rings. The van der Waals surface area contributed by atoms with Crippen LogP contribution < -0.4 is 9.62 Å². The summed E-state index contributed by atoms with van der Waals surface area (Å²) in [5.41, 5.74) is -0.157. The molecule has 0 radical (unpaired) electrons. The van der Waals surface area contributed by atoms with Gasteiger partial charge in [0.2, 0.25) is 11.8 Å². The Morgan fingerprint density at radius 2 is 1.65 bits per heavy atom. The number of alkyl halides is 3. The number of sulfonamides is 1. The number of carbonyl (C=O) groups excluding carboxylic acids is 2. The molecule has 0 saturated heterocycles. The smallest absolute Gasteiger partial charge is 0.357 e. The Bertz CT molecular complexity index is 1460. The quantitative estimate of drug-likeness (QED) is 0.339. The zero-order valence-corrected chi connectivity index (χ0v) is 23.6. The van der Waals surface area contributed by atoms with Crippen LogP contribution in [0.2, 0.25) is 5.02 Å². The number of carbonyl (C=O) groups is 2. The van der Waals surface area contributed by atoms with Gasteiger partial charge in [-0.05, 0) is 55.3 Å². The maximum Gasteiger partial charge on any atom is 0.416 e. The van der Waals surface area contributed by atoms with Crippen LogP contribution in [0, 0.1) is 6.92 Å². The molecule has 40 heavy (non-hydrogen) atoms. The number of aryl methyl sites for hydroxylation is 1. The molecule has 3 aromatic rings. The van der Waals surface area contributed by atoms with Gasteiger partial charge in [0, 0.05) is 18.6 Å². The fraction of sp³-hybridized carbons (Fsp3) is 0.286. The molecule has 0 aliphatic heterocycles. The summed E-state index contributed by atoms with van der Waals surface area (Å²) in [6.45, 7) is 2.43. The third-order valence-electron chi connectivity index (χ3n) is 6.28. The topological polar surface area (TPSA) is 86.8 Å². The van der Waals surface area contributed by atoms with Gasteiger partial charge >= 0.3 is 6.18 Å². The molecule has 0 bridgehead atoms. The van der Waals surface area contributed by atoms with Crippen molar-refractivity contribution in [3.05, 3.63) is 94.5 Å². The van der Waals surface area contributed by atoms with E-state index in [0.29, 0.717) is 21.0 Å². The van der Waals surface area contributed by atoms with E-state index in [2.05, 4.69) is 5.32 Å². The van der Waals surface area contributed by atoms with Crippen molar-refractivity contribution in [2.45, 2.75) is 43.9 Å². The molecule has 0 aromatic heterocycles. The van der Waals surface area contributed by atoms with Crippen molar-refractivity contribution in [1.82, 2.24) is 10.2 Å². The fourth-order valence-electron chi connectivity index (χ4n) is 4.10. The summed E-state index contributed by atoms with van der Waals surface area (Å²) in [7, 11) is -3.11. The minimum Gasteiger partial charge on any atom is -0.357 e. The van der Waals surface area contributed by atoms with Crippen LogP contribution in [-0.2, 0) is 32.3 Å². The van der Waals surface area contributed by atoms with Crippen molar-refractivity contribution in [2.75, 3.05) is 17.9 Å². The number of nitrogens with zero attached hydrogens (tertiary/aromatic N) is 2. The second-order valence-electron chi connectivity index (χ2n) is 9.02. The first-order chi connectivity index (χ1) is 18.8. The molecule has 0 heterocycles. The molecule has 0 saturated carbocycles. The van der Waals surface area contributed by atoms with E-state index >= 15 is 0 Å². The maximum absolute atomic E-state index is 13.9. The molecule has 3 aromatic carbocycles. The lowest BCUT2D eigenvalue weighted by Crippen LogP contribution is -2.51. The van der Waals surface area contributed by atoms with Crippen molar-refractivity contribution in [2.24, 2.45) is 0 Å². The number of halogens is 4. The third-order valence-corrected chi connectivity index (χ3v) is 8.44. The summed E-state index contributed by atoms with van der Waals surface area (Å²) in [5, 5.41) is 2.83. The van der Waals surface area contributed by atoms with Crippen molar-refractivity contribution < 1.29 is 31.2 Å². The highest BCUT2D eigenvalue weighted by molar-refractivity contribution is 7.92. The van der Waals surface area contributed by atoms with E-state index in [1.165, 1.54) is 30.1 Å². The molecular formula is C28H29ClF3N3O4S. The van der Waals surface area contributed by atoms with Gasteiger partial charge in [-0.3, -0.25) is 13.9 Å². The summed E-state index contributed by atoms with van der Waals surface area (Å²) in [6, 6.07) is 15.1. The lowest BCUT2D eigenvalue weighted by atomic mass is 10.1. The zero-order valence-electron chi connectivity index (χ0n) is 22.1. The van der Waals surface area contributed by atoms with Crippen molar-refractivity contribution >= 4 is 39.1 Å². The van der Waals surface area contributed by atoms with Gasteiger partial charge in [0.1, 0.15) is 12.6 Å². The number of rotatable bonds is 10. The van der Waals surface area contributed by atoms with Gasteiger partial charge in [0.25, 0.3) is 10.0 Å². The normalized spacial score (nSPS) is 12.5. The average Bonchev–Trinajstić information content (AvgIpc) is 2.92. The van der Waals surface area contributed by atoms with Crippen LogP contribution in [-0.4, -0.2) is 44.8 Å². The predicted molar refractivity (Wildman–Crippen MR) is 147 cm³/mol. The Morgan fingerprint density at radius 3 is 2.23 bits per heavy atom. The highest BCUT2D eigenvalue weighted by atomic mass is 35.5. The molecule has 214 valence electrons. The van der Waals surface area contributed by atoms with Gasteiger partial charge in [0.05, 0.1) is 16.1 Å². The van der Waals surface area contributed by atoms with Crippen molar-refractivity contribution in [3.63, 3.8) is 0 Å². The summed E-state index contributed by atoms with van der Waals surface area (Å²) in [6.07, 6.45) is -4.56. The van der Waals surface area contributed by atoms with Crippen LogP contribution in [0.5, 0.6) is 0 Å². The Kier molecular flexibility index (Phi) is 9.86. The molecule has 2 amide bonds. The predicted octanol–water partition coefficient (Wildman–Crippen LogP) is 5.42. The van der Waals surface area contributed by atoms with E-state index < -0.39 is 46.2 Å². The minimum absolute atomic E-state index is 0.133. The largest absolute Gasteiger partial charge is 0.416 e. The van der Waals surface area contributed by atoms with Gasteiger partial charge in [-0.15, -0.1) is 0 Å². The van der Waals surface area contributed by atoms with E-state index in [-0.39, 0.29) is 23.5 Å². The molecule has 0 fully saturated rings. The number of likely N-dealkylation sites (N-methyl/N-ethyl adjacent to an activating group) is 1. The SMILES string of the molecule is CC[C@H](C(=O)NC)N(Cc1ccccc1Cl)C(=O)CN(c1cccc(C(F)(F)F)c1)S(=O)(=O)c1ccc(C)cc1. The van der Waals surface area contributed by atoms with Gasteiger partial charge < -0.3 is 10.2 Å². The molecule has 1 atom stereocenters. The maximum atomic E-state index is 13.9. The lowest BCUT2D eigenvalue weighted by molar-refractivity contribution is -0.140. The van der Waals surface area contributed by atoms with Gasteiger partial charge in [-0.1, -0.05) is 60.5 Å². The second kappa shape index (κ2) is 12.7. The molecule has 7 nitrogen and oxygen atoms in total. The number of benzene rings is 3. The van der Waals surface area contributed by atoms with Crippen LogP contribution in [0.25, 0.3) is 0 Å². The summed E-state index contributed by atoms with van der Waals surface area (Å²) < 4.78 is 68.8. The van der Waals surface area contributed by atoms with Crippen molar-refractivity contribution in [1.29, 1.82) is 0 Å². The molecular weight excluding hydrogens is 567 g/mol. The van der Waals surface area contributed by atoms with E-state index in [9.17, 15) is 31.2 Å². The van der Waals surface area contributed by atoms with Crippen LogP contribution >= 0.6 is 11.6 Å². The molecule has 12 heteroatoms. The van der Waals surface area contributed by atoms with Crippen LogP contribution in [0.4, 0.5) is 18.9 Å². The second-order valence-corrected chi connectivity index (χ2v) is 11.3. The summed E-state index contributed by atoms with van der Waals surface area (Å²) in [5.74, 6) is -1.29. The Labute approximate surface area is 236 Å². The van der Waals surface area contributed by atoms with Gasteiger partial charge in [0.15, 0.2) is 0 Å². The van der Waals surface area contributed by atoms with Crippen LogP contribution in [0.3, 0.4) is 0 Å². The van der Waals surface area contributed by atoms with Crippen molar-refractivity contribution in [3.8, 4) is 0 Å². The van der Waals surface area contributed by atoms with E-state index in [4.69, 9.17) is 11.6 Å².